The second-order valence-corrected chi connectivity index (χ2v) is 5.81. The molecule has 1 aliphatic heterocycles. The van der Waals surface area contributed by atoms with Gasteiger partial charge in [0.2, 0.25) is 11.9 Å². The van der Waals surface area contributed by atoms with Gasteiger partial charge in [0.15, 0.2) is 0 Å². The first-order valence-corrected chi connectivity index (χ1v) is 7.88. The first kappa shape index (κ1) is 15.7. The highest BCUT2D eigenvalue weighted by Gasteiger charge is 2.20. The minimum Gasteiger partial charge on any atom is -0.338 e. The van der Waals surface area contributed by atoms with E-state index < -0.39 is 0 Å². The normalized spacial score (nSPS) is 15.4. The maximum atomic E-state index is 12.1. The smallest absolute Gasteiger partial charge is 0.238 e. The van der Waals surface area contributed by atoms with Crippen LogP contribution in [0.2, 0.25) is 5.02 Å². The number of anilines is 2. The predicted molar refractivity (Wildman–Crippen MR) is 90.8 cm³/mol. The van der Waals surface area contributed by atoms with Crippen LogP contribution in [0, 0.1) is 0 Å². The van der Waals surface area contributed by atoms with Crippen LogP contribution in [0.5, 0.6) is 0 Å². The molecule has 1 N–H and O–H groups in total. The molecule has 1 fully saturated rings. The molecule has 3 rings (SSSR count). The van der Waals surface area contributed by atoms with Crippen LogP contribution in [-0.4, -0.2) is 53.5 Å². The summed E-state index contributed by atoms with van der Waals surface area (Å²) < 4.78 is 0. The van der Waals surface area contributed by atoms with Crippen LogP contribution in [0.1, 0.15) is 0 Å². The van der Waals surface area contributed by atoms with E-state index >= 15 is 0 Å². The Kier molecular flexibility index (Phi) is 5.05. The lowest BCUT2D eigenvalue weighted by Gasteiger charge is -2.34. The van der Waals surface area contributed by atoms with Gasteiger partial charge in [0.1, 0.15) is 0 Å². The van der Waals surface area contributed by atoms with E-state index in [1.165, 1.54) is 0 Å². The lowest BCUT2D eigenvalue weighted by Crippen LogP contribution is -2.49. The molecular weight excluding hydrogens is 314 g/mol. The summed E-state index contributed by atoms with van der Waals surface area (Å²) in [7, 11) is 0. The van der Waals surface area contributed by atoms with E-state index in [9.17, 15) is 4.79 Å². The van der Waals surface area contributed by atoms with Crippen molar-refractivity contribution >= 4 is 29.1 Å². The Labute approximate surface area is 140 Å². The third kappa shape index (κ3) is 4.40. The molecule has 0 radical (unpaired) electrons. The third-order valence-corrected chi connectivity index (χ3v) is 3.92. The maximum Gasteiger partial charge on any atom is 0.238 e. The molecule has 0 atom stereocenters. The van der Waals surface area contributed by atoms with Gasteiger partial charge in [-0.2, -0.15) is 0 Å². The summed E-state index contributed by atoms with van der Waals surface area (Å²) in [6.45, 7) is 3.61. The van der Waals surface area contributed by atoms with Gasteiger partial charge in [-0.3, -0.25) is 9.69 Å². The number of nitrogens with zero attached hydrogens (tertiary/aromatic N) is 4. The van der Waals surface area contributed by atoms with E-state index in [0.29, 0.717) is 11.6 Å². The zero-order valence-electron chi connectivity index (χ0n) is 12.7. The lowest BCUT2D eigenvalue weighted by molar-refractivity contribution is -0.117. The first-order valence-electron chi connectivity index (χ1n) is 7.50. The van der Waals surface area contributed by atoms with Gasteiger partial charge in [-0.05, 0) is 24.3 Å². The largest absolute Gasteiger partial charge is 0.338 e. The summed E-state index contributed by atoms with van der Waals surface area (Å²) in [5.41, 5.74) is 0.721. The maximum absolute atomic E-state index is 12.1. The SMILES string of the molecule is O=C(CN1CCN(c2ncccn2)CC1)Nc1cccc(Cl)c1. The number of aromatic nitrogens is 2. The van der Waals surface area contributed by atoms with Gasteiger partial charge in [-0.15, -0.1) is 0 Å². The molecule has 1 aromatic heterocycles. The van der Waals surface area contributed by atoms with Crippen molar-refractivity contribution in [2.24, 2.45) is 0 Å². The Hall–Kier alpha value is -2.18. The summed E-state index contributed by atoms with van der Waals surface area (Å²) in [5, 5.41) is 3.48. The molecule has 6 nitrogen and oxygen atoms in total. The highest BCUT2D eigenvalue weighted by molar-refractivity contribution is 6.30. The molecule has 1 aliphatic rings. The van der Waals surface area contributed by atoms with E-state index in [1.807, 2.05) is 12.1 Å². The number of benzene rings is 1. The molecule has 0 bridgehead atoms. The molecule has 0 spiro atoms. The van der Waals surface area contributed by atoms with Crippen molar-refractivity contribution in [3.63, 3.8) is 0 Å². The van der Waals surface area contributed by atoms with Crippen LogP contribution in [-0.2, 0) is 4.79 Å². The molecule has 1 amide bonds. The average Bonchev–Trinajstić information content (AvgIpc) is 2.56. The van der Waals surface area contributed by atoms with Gasteiger partial charge < -0.3 is 10.2 Å². The number of hydrogen-bond acceptors (Lipinski definition) is 5. The van der Waals surface area contributed by atoms with Crippen LogP contribution >= 0.6 is 11.6 Å². The number of carbonyl (C=O) groups excluding carboxylic acids is 1. The minimum atomic E-state index is -0.0309. The number of nitrogens with one attached hydrogen (secondary N) is 1. The molecule has 23 heavy (non-hydrogen) atoms. The van der Waals surface area contributed by atoms with Crippen molar-refractivity contribution in [3.8, 4) is 0 Å². The van der Waals surface area contributed by atoms with Crippen molar-refractivity contribution in [2.45, 2.75) is 0 Å². The molecule has 120 valence electrons. The van der Waals surface area contributed by atoms with Crippen molar-refractivity contribution in [1.29, 1.82) is 0 Å². The molecular formula is C16H18ClN5O. The van der Waals surface area contributed by atoms with Crippen LogP contribution in [0.15, 0.2) is 42.7 Å². The summed E-state index contributed by atoms with van der Waals surface area (Å²) in [6, 6.07) is 8.97. The fourth-order valence-corrected chi connectivity index (χ4v) is 2.72. The Bertz CT molecular complexity index is 659. The van der Waals surface area contributed by atoms with Crippen LogP contribution in [0.3, 0.4) is 0 Å². The monoisotopic (exact) mass is 331 g/mol. The van der Waals surface area contributed by atoms with Gasteiger partial charge in [0.05, 0.1) is 6.54 Å². The molecule has 2 aromatic rings. The Balaban J connectivity index is 1.48. The number of halogens is 1. The van der Waals surface area contributed by atoms with Gasteiger partial charge in [-0.25, -0.2) is 9.97 Å². The Morgan fingerprint density at radius 3 is 2.57 bits per heavy atom. The van der Waals surface area contributed by atoms with Crippen molar-refractivity contribution in [3.05, 3.63) is 47.7 Å². The molecule has 0 aliphatic carbocycles. The Morgan fingerprint density at radius 2 is 1.87 bits per heavy atom. The number of hydrogen-bond donors (Lipinski definition) is 1. The minimum absolute atomic E-state index is 0.0309. The third-order valence-electron chi connectivity index (χ3n) is 3.68. The van der Waals surface area contributed by atoms with E-state index in [-0.39, 0.29) is 5.91 Å². The molecule has 0 saturated carbocycles. The number of amides is 1. The second-order valence-electron chi connectivity index (χ2n) is 5.37. The molecule has 1 saturated heterocycles. The van der Waals surface area contributed by atoms with Gasteiger partial charge >= 0.3 is 0 Å². The summed E-state index contributed by atoms with van der Waals surface area (Å²) in [4.78, 5) is 24.9. The summed E-state index contributed by atoms with van der Waals surface area (Å²) in [6.07, 6.45) is 3.49. The van der Waals surface area contributed by atoms with Gasteiger partial charge in [0, 0.05) is 49.3 Å². The lowest BCUT2D eigenvalue weighted by atomic mass is 10.3. The van der Waals surface area contributed by atoms with E-state index in [2.05, 4.69) is 25.1 Å². The fourth-order valence-electron chi connectivity index (χ4n) is 2.53. The van der Waals surface area contributed by atoms with Crippen molar-refractivity contribution < 1.29 is 4.79 Å². The van der Waals surface area contributed by atoms with Crippen molar-refractivity contribution in [2.75, 3.05) is 42.9 Å². The Morgan fingerprint density at radius 1 is 1.13 bits per heavy atom. The van der Waals surface area contributed by atoms with E-state index in [4.69, 9.17) is 11.6 Å². The first-order chi connectivity index (χ1) is 11.2. The van der Waals surface area contributed by atoms with Gasteiger partial charge in [-0.1, -0.05) is 17.7 Å². The number of rotatable bonds is 4. The highest BCUT2D eigenvalue weighted by Crippen LogP contribution is 2.15. The highest BCUT2D eigenvalue weighted by atomic mass is 35.5. The van der Waals surface area contributed by atoms with Crippen molar-refractivity contribution in [1.82, 2.24) is 14.9 Å². The molecule has 7 heteroatoms. The number of carbonyl (C=O) groups is 1. The fraction of sp³-hybridized carbons (Fsp3) is 0.312. The molecule has 0 unspecified atom stereocenters. The van der Waals surface area contributed by atoms with E-state index in [0.717, 1.165) is 37.8 Å². The molecule has 1 aromatic carbocycles. The van der Waals surface area contributed by atoms with E-state index in [1.54, 1.807) is 30.6 Å². The predicted octanol–water partition coefficient (Wildman–Crippen LogP) is 1.89. The number of piperazine rings is 1. The average molecular weight is 332 g/mol. The zero-order chi connectivity index (χ0) is 16.1. The quantitative estimate of drug-likeness (QED) is 0.927. The van der Waals surface area contributed by atoms with Crippen LogP contribution < -0.4 is 10.2 Å². The summed E-state index contributed by atoms with van der Waals surface area (Å²) in [5.74, 6) is 0.715. The van der Waals surface area contributed by atoms with Crippen LogP contribution in [0.4, 0.5) is 11.6 Å². The zero-order valence-corrected chi connectivity index (χ0v) is 13.4. The standard InChI is InChI=1S/C16H18ClN5O/c17-13-3-1-4-14(11-13)20-15(23)12-21-7-9-22(10-8-21)16-18-5-2-6-19-16/h1-6,11H,7-10,12H2,(H,20,23). The van der Waals surface area contributed by atoms with Crippen LogP contribution in [0.25, 0.3) is 0 Å². The van der Waals surface area contributed by atoms with Gasteiger partial charge in [0.25, 0.3) is 0 Å². The topological polar surface area (TPSA) is 61.4 Å². The second kappa shape index (κ2) is 7.39. The summed E-state index contributed by atoms with van der Waals surface area (Å²) >= 11 is 5.92. The molecule has 2 heterocycles.